The quantitative estimate of drug-likeness (QED) is 0.321. The van der Waals surface area contributed by atoms with Gasteiger partial charge in [0.25, 0.3) is 11.8 Å². The summed E-state index contributed by atoms with van der Waals surface area (Å²) in [5, 5.41) is 7.80. The van der Waals surface area contributed by atoms with E-state index in [0.29, 0.717) is 23.0 Å². The second-order valence-corrected chi connectivity index (χ2v) is 7.45. The van der Waals surface area contributed by atoms with E-state index >= 15 is 0 Å². The van der Waals surface area contributed by atoms with Crippen molar-refractivity contribution in [1.82, 2.24) is 25.7 Å². The number of thioether (sulfide) groups is 1. The van der Waals surface area contributed by atoms with Crippen LogP contribution >= 0.6 is 11.8 Å². The van der Waals surface area contributed by atoms with E-state index in [9.17, 15) is 14.0 Å². The fourth-order valence-electron chi connectivity index (χ4n) is 2.39. The minimum Gasteiger partial charge on any atom is -0.336 e. The summed E-state index contributed by atoms with van der Waals surface area (Å²) in [5.74, 6) is 5.35. The zero-order valence-electron chi connectivity index (χ0n) is 15.5. The average molecular weight is 414 g/mol. The van der Waals surface area contributed by atoms with Gasteiger partial charge in [0.15, 0.2) is 5.82 Å². The van der Waals surface area contributed by atoms with Crippen molar-refractivity contribution in [2.24, 2.45) is 0 Å². The first kappa shape index (κ1) is 20.3. The van der Waals surface area contributed by atoms with E-state index in [1.54, 1.807) is 49.4 Å². The van der Waals surface area contributed by atoms with Gasteiger partial charge in [-0.05, 0) is 36.8 Å². The Balaban J connectivity index is 1.55. The van der Waals surface area contributed by atoms with E-state index in [0.717, 1.165) is 17.3 Å². The minimum absolute atomic E-state index is 0.321. The maximum Gasteiger partial charge on any atom is 0.269 e. The number of aromatic nitrogens is 3. The number of halogens is 1. The summed E-state index contributed by atoms with van der Waals surface area (Å²) in [6.45, 7) is 1.66. The monoisotopic (exact) mass is 414 g/mol. The lowest BCUT2D eigenvalue weighted by atomic mass is 10.1. The zero-order valence-corrected chi connectivity index (χ0v) is 16.3. The van der Waals surface area contributed by atoms with Crippen LogP contribution in [-0.4, -0.2) is 31.9 Å². The Hall–Kier alpha value is -3.40. The Morgan fingerprint density at radius 2 is 1.79 bits per heavy atom. The average Bonchev–Trinajstić information content (AvgIpc) is 3.07. The molecule has 1 atom stereocenters. The number of nitrogens with zero attached hydrogens (tertiary/aromatic N) is 3. The van der Waals surface area contributed by atoms with Crippen molar-refractivity contribution < 1.29 is 14.0 Å². The number of rotatable bonds is 6. The zero-order chi connectivity index (χ0) is 20.8. The SMILES string of the molecule is C[C@H](Sc1nnc(Cc2ccc(F)cc2)n1N)C(=O)NNC(=O)c1ccccc1. The third-order valence-corrected chi connectivity index (χ3v) is 5.05. The van der Waals surface area contributed by atoms with E-state index in [4.69, 9.17) is 5.84 Å². The highest BCUT2D eigenvalue weighted by Crippen LogP contribution is 2.21. The molecule has 10 heteroatoms. The van der Waals surface area contributed by atoms with Crippen LogP contribution < -0.4 is 16.7 Å². The molecule has 0 saturated heterocycles. The van der Waals surface area contributed by atoms with Gasteiger partial charge in [-0.3, -0.25) is 20.4 Å². The molecule has 0 spiro atoms. The van der Waals surface area contributed by atoms with E-state index < -0.39 is 17.1 Å². The molecule has 0 aliphatic heterocycles. The number of carbonyl (C=O) groups excluding carboxylic acids is 2. The smallest absolute Gasteiger partial charge is 0.269 e. The highest BCUT2D eigenvalue weighted by Gasteiger charge is 2.20. The molecular formula is C19H19FN6O2S. The minimum atomic E-state index is -0.587. The molecule has 1 aromatic heterocycles. The van der Waals surface area contributed by atoms with Crippen molar-refractivity contribution >= 4 is 23.6 Å². The number of benzene rings is 2. The second kappa shape index (κ2) is 9.20. The maximum absolute atomic E-state index is 13.0. The molecule has 0 radical (unpaired) electrons. The molecule has 2 aromatic carbocycles. The van der Waals surface area contributed by atoms with Crippen LogP contribution in [0.25, 0.3) is 0 Å². The number of hydrogen-bond acceptors (Lipinski definition) is 6. The van der Waals surface area contributed by atoms with Crippen LogP contribution in [0.3, 0.4) is 0 Å². The number of hydrazine groups is 1. The van der Waals surface area contributed by atoms with Crippen LogP contribution in [-0.2, 0) is 11.2 Å². The van der Waals surface area contributed by atoms with Crippen molar-refractivity contribution in [3.8, 4) is 0 Å². The van der Waals surface area contributed by atoms with Gasteiger partial charge in [0.2, 0.25) is 5.16 Å². The van der Waals surface area contributed by atoms with Gasteiger partial charge in [0.05, 0.1) is 5.25 Å². The highest BCUT2D eigenvalue weighted by molar-refractivity contribution is 8.00. The molecule has 3 rings (SSSR count). The molecule has 0 bridgehead atoms. The second-order valence-electron chi connectivity index (χ2n) is 6.14. The van der Waals surface area contributed by atoms with Gasteiger partial charge in [0.1, 0.15) is 5.82 Å². The van der Waals surface area contributed by atoms with Crippen molar-refractivity contribution in [2.75, 3.05) is 5.84 Å². The number of nitrogens with two attached hydrogens (primary N) is 1. The summed E-state index contributed by atoms with van der Waals surface area (Å²) in [5.41, 5.74) is 6.01. The fourth-order valence-corrected chi connectivity index (χ4v) is 3.18. The first-order chi connectivity index (χ1) is 13.9. The normalized spacial score (nSPS) is 11.7. The van der Waals surface area contributed by atoms with Crippen molar-refractivity contribution in [3.05, 3.63) is 77.4 Å². The van der Waals surface area contributed by atoms with Gasteiger partial charge in [-0.15, -0.1) is 10.2 Å². The molecular weight excluding hydrogens is 395 g/mol. The highest BCUT2D eigenvalue weighted by atomic mass is 32.2. The summed E-state index contributed by atoms with van der Waals surface area (Å²) >= 11 is 1.10. The van der Waals surface area contributed by atoms with Crippen LogP contribution in [0.4, 0.5) is 4.39 Å². The molecule has 1 heterocycles. The third kappa shape index (κ3) is 5.32. The van der Waals surface area contributed by atoms with Crippen LogP contribution in [0.15, 0.2) is 59.8 Å². The van der Waals surface area contributed by atoms with Gasteiger partial charge < -0.3 is 5.84 Å². The van der Waals surface area contributed by atoms with Crippen molar-refractivity contribution in [3.63, 3.8) is 0 Å². The fraction of sp³-hybridized carbons (Fsp3) is 0.158. The number of nitrogen functional groups attached to an aromatic ring is 1. The lowest BCUT2D eigenvalue weighted by Crippen LogP contribution is -2.45. The van der Waals surface area contributed by atoms with Crippen molar-refractivity contribution in [2.45, 2.75) is 23.8 Å². The molecule has 8 nitrogen and oxygen atoms in total. The van der Waals surface area contributed by atoms with Crippen molar-refractivity contribution in [1.29, 1.82) is 0 Å². The Labute approximate surface area is 170 Å². The molecule has 2 amide bonds. The first-order valence-corrected chi connectivity index (χ1v) is 9.57. The summed E-state index contributed by atoms with van der Waals surface area (Å²) in [4.78, 5) is 24.2. The summed E-state index contributed by atoms with van der Waals surface area (Å²) in [6.07, 6.45) is 0.373. The molecule has 0 aliphatic carbocycles. The standard InChI is InChI=1S/C19H19FN6O2S/c1-12(17(27)23-24-18(28)14-5-3-2-4-6-14)29-19-25-22-16(26(19)21)11-13-7-9-15(20)10-8-13/h2-10,12H,11,21H2,1H3,(H,23,27)(H,24,28)/t12-/m0/s1. The first-order valence-electron chi connectivity index (χ1n) is 8.69. The summed E-state index contributed by atoms with van der Waals surface area (Å²) in [7, 11) is 0. The maximum atomic E-state index is 13.0. The van der Waals surface area contributed by atoms with E-state index in [2.05, 4.69) is 21.0 Å². The Morgan fingerprint density at radius 1 is 1.10 bits per heavy atom. The molecule has 3 aromatic rings. The molecule has 0 saturated carbocycles. The largest absolute Gasteiger partial charge is 0.336 e. The molecule has 4 N–H and O–H groups in total. The van der Waals surface area contributed by atoms with Gasteiger partial charge >= 0.3 is 0 Å². The van der Waals surface area contributed by atoms with E-state index in [-0.39, 0.29) is 5.82 Å². The number of carbonyl (C=O) groups is 2. The van der Waals surface area contributed by atoms with Gasteiger partial charge in [0, 0.05) is 12.0 Å². The molecule has 0 fully saturated rings. The third-order valence-electron chi connectivity index (χ3n) is 4.00. The predicted octanol–water partition coefficient (Wildman–Crippen LogP) is 1.66. The Bertz CT molecular complexity index is 994. The van der Waals surface area contributed by atoms with E-state index in [1.807, 2.05) is 0 Å². The van der Waals surface area contributed by atoms with Crippen LogP contribution in [0, 0.1) is 5.82 Å². The lowest BCUT2D eigenvalue weighted by Gasteiger charge is -2.12. The van der Waals surface area contributed by atoms with Gasteiger partial charge in [-0.2, -0.15) is 0 Å². The number of amides is 2. The number of nitrogens with one attached hydrogen (secondary N) is 2. The Kier molecular flexibility index (Phi) is 6.45. The molecule has 0 unspecified atom stereocenters. The van der Waals surface area contributed by atoms with E-state index in [1.165, 1.54) is 16.8 Å². The van der Waals surface area contributed by atoms with Crippen LogP contribution in [0.1, 0.15) is 28.7 Å². The molecule has 0 aliphatic rings. The van der Waals surface area contributed by atoms with Gasteiger partial charge in [-0.25, -0.2) is 9.07 Å². The summed E-state index contributed by atoms with van der Waals surface area (Å²) < 4.78 is 14.3. The van der Waals surface area contributed by atoms with Gasteiger partial charge in [-0.1, -0.05) is 42.1 Å². The lowest BCUT2D eigenvalue weighted by molar-refractivity contribution is -0.121. The molecule has 29 heavy (non-hydrogen) atoms. The topological polar surface area (TPSA) is 115 Å². The predicted molar refractivity (Wildman–Crippen MR) is 107 cm³/mol. The van der Waals surface area contributed by atoms with Crippen LogP contribution in [0.5, 0.6) is 0 Å². The molecule has 150 valence electrons. The number of hydrogen-bond donors (Lipinski definition) is 3. The Morgan fingerprint density at radius 3 is 2.48 bits per heavy atom. The summed E-state index contributed by atoms with van der Waals surface area (Å²) in [6, 6.07) is 14.5. The van der Waals surface area contributed by atoms with Crippen LogP contribution in [0.2, 0.25) is 0 Å².